The van der Waals surface area contributed by atoms with Crippen LogP contribution in [0.3, 0.4) is 0 Å². The number of hydrogen-bond acceptors (Lipinski definition) is 7. The Morgan fingerprint density at radius 3 is 1.90 bits per heavy atom. The zero-order valence-corrected chi connectivity index (χ0v) is 29.1. The van der Waals surface area contributed by atoms with E-state index < -0.39 is 47.7 Å². The highest BCUT2D eigenvalue weighted by Crippen LogP contribution is 2.19. The van der Waals surface area contributed by atoms with Crippen LogP contribution in [0.1, 0.15) is 58.9 Å². The van der Waals surface area contributed by atoms with Gasteiger partial charge in [0.25, 0.3) is 0 Å². The molecule has 4 amide bonds. The number of fused-ring (bicyclic) bond motifs is 1. The van der Waals surface area contributed by atoms with Crippen molar-refractivity contribution in [2.75, 3.05) is 11.9 Å². The Hall–Kier alpha value is -5.46. The van der Waals surface area contributed by atoms with Crippen LogP contribution in [-0.2, 0) is 35.3 Å². The third kappa shape index (κ3) is 13.2. The van der Waals surface area contributed by atoms with Crippen LogP contribution in [0.5, 0.6) is 0 Å². The van der Waals surface area contributed by atoms with E-state index >= 15 is 0 Å². The van der Waals surface area contributed by atoms with Gasteiger partial charge in [-0.25, -0.2) is 4.79 Å². The lowest BCUT2D eigenvalue weighted by atomic mass is 9.99. The van der Waals surface area contributed by atoms with Crippen molar-refractivity contribution in [3.8, 4) is 0 Å². The van der Waals surface area contributed by atoms with Crippen LogP contribution in [0, 0.1) is 11.8 Å². The van der Waals surface area contributed by atoms with Gasteiger partial charge in [-0.2, -0.15) is 0 Å². The molecule has 13 heteroatoms. The quantitative estimate of drug-likeness (QED) is 0.0408. The third-order valence-electron chi connectivity index (χ3n) is 7.66. The first-order valence-electron chi connectivity index (χ1n) is 16.8. The van der Waals surface area contributed by atoms with Gasteiger partial charge in [0, 0.05) is 12.2 Å². The van der Waals surface area contributed by atoms with Gasteiger partial charge in [0.15, 0.2) is 5.96 Å². The molecular formula is C37H49N7O6. The molecule has 3 aromatic carbocycles. The lowest BCUT2D eigenvalue weighted by Crippen LogP contribution is -2.57. The fourth-order valence-corrected chi connectivity index (χ4v) is 5.23. The predicted molar refractivity (Wildman–Crippen MR) is 193 cm³/mol. The van der Waals surface area contributed by atoms with Crippen molar-refractivity contribution in [2.24, 2.45) is 28.3 Å². The van der Waals surface area contributed by atoms with E-state index in [2.05, 4.69) is 26.3 Å². The second-order valence-corrected chi connectivity index (χ2v) is 13.0. The van der Waals surface area contributed by atoms with Gasteiger partial charge >= 0.3 is 11.9 Å². The number of nitrogens with two attached hydrogens (primary N) is 2. The number of carbonyl (C=O) groups excluding carboxylic acids is 5. The normalized spacial score (nSPS) is 12.8. The molecule has 0 saturated heterocycles. The van der Waals surface area contributed by atoms with Crippen LogP contribution >= 0.6 is 0 Å². The first-order valence-corrected chi connectivity index (χ1v) is 16.8. The Kier molecular flexibility index (Phi) is 15.2. The van der Waals surface area contributed by atoms with E-state index in [-0.39, 0.29) is 50.2 Å². The number of hydrogen-bond donors (Lipinski definition) is 6. The topological polar surface area (TPSA) is 207 Å². The summed E-state index contributed by atoms with van der Waals surface area (Å²) in [6.07, 6.45) is 1.03. The van der Waals surface area contributed by atoms with E-state index in [4.69, 9.17) is 16.2 Å². The molecule has 0 bridgehead atoms. The van der Waals surface area contributed by atoms with Crippen molar-refractivity contribution in [3.05, 3.63) is 78.4 Å². The van der Waals surface area contributed by atoms with Crippen molar-refractivity contribution in [2.45, 2.75) is 78.1 Å². The van der Waals surface area contributed by atoms with E-state index in [9.17, 15) is 24.0 Å². The predicted octanol–water partition coefficient (Wildman–Crippen LogP) is 3.12. The van der Waals surface area contributed by atoms with Crippen molar-refractivity contribution in [1.82, 2.24) is 16.0 Å². The maximum atomic E-state index is 13.8. The molecule has 13 nitrogen and oxygen atoms in total. The van der Waals surface area contributed by atoms with E-state index in [0.29, 0.717) is 17.7 Å². The molecule has 3 unspecified atom stereocenters. The Morgan fingerprint density at radius 2 is 1.28 bits per heavy atom. The summed E-state index contributed by atoms with van der Waals surface area (Å²) in [5.74, 6) is -4.03. The second kappa shape index (κ2) is 19.5. The summed E-state index contributed by atoms with van der Waals surface area (Å²) >= 11 is 0. The highest BCUT2D eigenvalue weighted by molar-refractivity contribution is 6.32. The zero-order valence-electron chi connectivity index (χ0n) is 29.1. The van der Waals surface area contributed by atoms with Crippen LogP contribution in [0.25, 0.3) is 10.8 Å². The molecule has 0 fully saturated rings. The van der Waals surface area contributed by atoms with Crippen LogP contribution in [0.4, 0.5) is 5.69 Å². The van der Waals surface area contributed by atoms with Gasteiger partial charge in [0.1, 0.15) is 24.7 Å². The van der Waals surface area contributed by atoms with Crippen molar-refractivity contribution >= 4 is 52.0 Å². The number of carbonyl (C=O) groups is 5. The molecule has 50 heavy (non-hydrogen) atoms. The van der Waals surface area contributed by atoms with E-state index in [1.807, 2.05) is 70.2 Å². The smallest absolute Gasteiger partial charge is 0.397 e. The molecule has 0 saturated carbocycles. The van der Waals surface area contributed by atoms with Gasteiger partial charge in [0.05, 0.1) is 0 Å². The summed E-state index contributed by atoms with van der Waals surface area (Å²) in [5.41, 5.74) is 12.2. The summed E-state index contributed by atoms with van der Waals surface area (Å²) in [7, 11) is 0. The first kappa shape index (κ1) is 39.0. The Labute approximate surface area is 293 Å². The number of nitrogens with zero attached hydrogens (tertiary/aromatic N) is 1. The van der Waals surface area contributed by atoms with Gasteiger partial charge in [-0.1, -0.05) is 88.4 Å². The van der Waals surface area contributed by atoms with Crippen LogP contribution in [0.2, 0.25) is 0 Å². The third-order valence-corrected chi connectivity index (χ3v) is 7.66. The maximum absolute atomic E-state index is 13.8. The maximum Gasteiger partial charge on any atom is 0.397 e. The lowest BCUT2D eigenvalue weighted by Gasteiger charge is -2.26. The minimum Gasteiger partial charge on any atom is -0.454 e. The standard InChI is InChI=1S/C37H49N7O6/c1-23(2)19-30(43-34(47)31(20-24(3)4)44-35(48)36(49)50-22-25-11-6-5-7-12-25)33(46)42-29(15-10-18-40-37(38)39)32(45)41-28-17-16-26-13-8-9-14-27(26)21-28/h5-9,11-14,16-17,21,23-24,29-31H,10,15,18-20,22H2,1-4H3,(H,41,45)(H,42,46)(H,43,47)(H,44,48)(H4,38,39,40). The number of anilines is 1. The van der Waals surface area contributed by atoms with Gasteiger partial charge < -0.3 is 37.5 Å². The van der Waals surface area contributed by atoms with Crippen LogP contribution in [-0.4, -0.2) is 60.2 Å². The summed E-state index contributed by atoms with van der Waals surface area (Å²) < 4.78 is 5.12. The fourth-order valence-electron chi connectivity index (χ4n) is 5.23. The lowest BCUT2D eigenvalue weighted by molar-refractivity contribution is -0.156. The SMILES string of the molecule is CC(C)CC(NC(=O)C(=O)OCc1ccccc1)C(=O)NC(CC(C)C)C(=O)NC(CCCN=C(N)N)C(=O)Nc1ccc2ccccc2c1. The Morgan fingerprint density at radius 1 is 0.700 bits per heavy atom. The molecule has 0 aliphatic heterocycles. The fraction of sp³-hybridized carbons (Fsp3) is 0.405. The van der Waals surface area contributed by atoms with Gasteiger partial charge in [-0.15, -0.1) is 0 Å². The zero-order chi connectivity index (χ0) is 36.6. The first-order chi connectivity index (χ1) is 23.8. The molecule has 0 aliphatic rings. The average Bonchev–Trinajstić information content (AvgIpc) is 3.07. The Balaban J connectivity index is 1.73. The number of aliphatic imine (C=N–C) groups is 1. The van der Waals surface area contributed by atoms with Crippen molar-refractivity contribution in [1.29, 1.82) is 0 Å². The summed E-state index contributed by atoms with van der Waals surface area (Å²) in [5, 5.41) is 12.9. The minimum absolute atomic E-state index is 0.0242. The molecule has 8 N–H and O–H groups in total. The molecular weight excluding hydrogens is 638 g/mol. The largest absolute Gasteiger partial charge is 0.454 e. The van der Waals surface area contributed by atoms with E-state index in [1.54, 1.807) is 30.3 Å². The van der Waals surface area contributed by atoms with Gasteiger partial charge in [-0.3, -0.25) is 24.2 Å². The number of amides is 4. The monoisotopic (exact) mass is 687 g/mol. The van der Waals surface area contributed by atoms with Gasteiger partial charge in [0.2, 0.25) is 17.7 Å². The summed E-state index contributed by atoms with van der Waals surface area (Å²) in [6.45, 7) is 7.64. The van der Waals surface area contributed by atoms with Crippen molar-refractivity contribution in [3.63, 3.8) is 0 Å². The molecule has 3 aromatic rings. The molecule has 0 radical (unpaired) electrons. The number of rotatable bonds is 17. The highest BCUT2D eigenvalue weighted by Gasteiger charge is 2.31. The molecule has 3 atom stereocenters. The average molecular weight is 688 g/mol. The molecule has 0 aromatic heterocycles. The van der Waals surface area contributed by atoms with Gasteiger partial charge in [-0.05, 0) is 66.0 Å². The number of ether oxygens (including phenoxy) is 1. The highest BCUT2D eigenvalue weighted by atomic mass is 16.5. The van der Waals surface area contributed by atoms with Crippen molar-refractivity contribution < 1.29 is 28.7 Å². The molecule has 268 valence electrons. The Bertz CT molecular complexity index is 1640. The molecule has 0 heterocycles. The second-order valence-electron chi connectivity index (χ2n) is 13.0. The number of esters is 1. The summed E-state index contributed by atoms with van der Waals surface area (Å²) in [6, 6.07) is 19.0. The molecule has 0 aliphatic carbocycles. The minimum atomic E-state index is -1.13. The number of guanidine groups is 1. The summed E-state index contributed by atoms with van der Waals surface area (Å²) in [4.78, 5) is 70.1. The van der Waals surface area contributed by atoms with Crippen LogP contribution < -0.4 is 32.7 Å². The number of benzene rings is 3. The number of nitrogens with one attached hydrogen (secondary N) is 4. The van der Waals surface area contributed by atoms with Crippen LogP contribution in [0.15, 0.2) is 77.8 Å². The van der Waals surface area contributed by atoms with E-state index in [0.717, 1.165) is 10.8 Å². The molecule has 3 rings (SSSR count). The molecule has 0 spiro atoms. The van der Waals surface area contributed by atoms with E-state index in [1.165, 1.54) is 0 Å².